The first kappa shape index (κ1) is 9.78. The van der Waals surface area contributed by atoms with Gasteiger partial charge in [0.25, 0.3) is 0 Å². The molecule has 1 aromatic heterocycles. The third-order valence-electron chi connectivity index (χ3n) is 2.64. The van der Waals surface area contributed by atoms with Gasteiger partial charge >= 0.3 is 0 Å². The Balaban J connectivity index is 2.81. The highest BCUT2D eigenvalue weighted by Crippen LogP contribution is 2.29. The normalized spacial score (nSPS) is 11.5. The first-order valence-electron chi connectivity index (χ1n) is 4.85. The Hall–Kier alpha value is -0.760. The number of aromatic nitrogens is 1. The van der Waals surface area contributed by atoms with E-state index in [1.165, 1.54) is 21.1 Å². The molecule has 2 aromatic rings. The standard InChI is InChI=1S/C12H14BrN/c1-8(2)11-7-9-5-4-6-10(13)12(9)14(11)3/h4-8H,1-3H3. The zero-order valence-electron chi connectivity index (χ0n) is 8.71. The van der Waals surface area contributed by atoms with Gasteiger partial charge in [-0.25, -0.2) is 0 Å². The second-order valence-corrected chi connectivity index (χ2v) is 4.81. The van der Waals surface area contributed by atoms with Crippen molar-refractivity contribution < 1.29 is 0 Å². The number of para-hydroxylation sites is 1. The molecule has 14 heavy (non-hydrogen) atoms. The first-order chi connectivity index (χ1) is 6.61. The molecule has 0 saturated carbocycles. The zero-order valence-corrected chi connectivity index (χ0v) is 10.3. The molecule has 0 aliphatic carbocycles. The van der Waals surface area contributed by atoms with Crippen LogP contribution in [0, 0.1) is 0 Å². The van der Waals surface area contributed by atoms with E-state index >= 15 is 0 Å². The summed E-state index contributed by atoms with van der Waals surface area (Å²) >= 11 is 3.59. The lowest BCUT2D eigenvalue weighted by molar-refractivity contribution is 0.755. The summed E-state index contributed by atoms with van der Waals surface area (Å²) in [4.78, 5) is 0. The van der Waals surface area contributed by atoms with Crippen LogP contribution in [0.15, 0.2) is 28.7 Å². The number of hydrogen-bond donors (Lipinski definition) is 0. The van der Waals surface area contributed by atoms with Gasteiger partial charge in [-0.15, -0.1) is 0 Å². The minimum absolute atomic E-state index is 0.569. The number of nitrogens with zero attached hydrogens (tertiary/aromatic N) is 1. The molecule has 0 aliphatic heterocycles. The molecule has 1 aromatic carbocycles. The van der Waals surface area contributed by atoms with Crippen LogP contribution in [0.1, 0.15) is 25.5 Å². The van der Waals surface area contributed by atoms with Crippen LogP contribution in [0.5, 0.6) is 0 Å². The molecule has 2 heteroatoms. The minimum Gasteiger partial charge on any atom is -0.346 e. The molecule has 74 valence electrons. The molecule has 0 unspecified atom stereocenters. The maximum atomic E-state index is 3.59. The Morgan fingerprint density at radius 3 is 2.57 bits per heavy atom. The fraction of sp³-hybridized carbons (Fsp3) is 0.333. The van der Waals surface area contributed by atoms with Gasteiger partial charge in [0.2, 0.25) is 0 Å². The average Bonchev–Trinajstić information content (AvgIpc) is 2.45. The number of halogens is 1. The number of rotatable bonds is 1. The van der Waals surface area contributed by atoms with E-state index in [1.54, 1.807) is 0 Å². The summed E-state index contributed by atoms with van der Waals surface area (Å²) in [6.07, 6.45) is 0. The summed E-state index contributed by atoms with van der Waals surface area (Å²) in [6, 6.07) is 8.60. The van der Waals surface area contributed by atoms with E-state index in [1.807, 2.05) is 0 Å². The van der Waals surface area contributed by atoms with Gasteiger partial charge in [-0.2, -0.15) is 0 Å². The molecule has 0 atom stereocenters. The van der Waals surface area contributed by atoms with Crippen LogP contribution in [0.2, 0.25) is 0 Å². The number of hydrogen-bond acceptors (Lipinski definition) is 0. The molecule has 0 radical (unpaired) electrons. The molecule has 0 N–H and O–H groups in total. The van der Waals surface area contributed by atoms with Gasteiger partial charge in [0.1, 0.15) is 0 Å². The second-order valence-electron chi connectivity index (χ2n) is 3.96. The van der Waals surface area contributed by atoms with E-state index in [4.69, 9.17) is 0 Å². The van der Waals surface area contributed by atoms with Crippen molar-refractivity contribution in [3.63, 3.8) is 0 Å². The van der Waals surface area contributed by atoms with Gasteiger partial charge in [0.15, 0.2) is 0 Å². The first-order valence-corrected chi connectivity index (χ1v) is 5.64. The summed E-state index contributed by atoms with van der Waals surface area (Å²) in [6.45, 7) is 4.45. The van der Waals surface area contributed by atoms with Gasteiger partial charge in [0, 0.05) is 22.6 Å². The van der Waals surface area contributed by atoms with Crippen molar-refractivity contribution in [3.8, 4) is 0 Å². The van der Waals surface area contributed by atoms with Gasteiger partial charge in [-0.1, -0.05) is 26.0 Å². The highest BCUT2D eigenvalue weighted by Gasteiger charge is 2.10. The Morgan fingerprint density at radius 1 is 1.29 bits per heavy atom. The highest BCUT2D eigenvalue weighted by atomic mass is 79.9. The van der Waals surface area contributed by atoms with Gasteiger partial charge < -0.3 is 4.57 Å². The van der Waals surface area contributed by atoms with Crippen LogP contribution in [0.4, 0.5) is 0 Å². The van der Waals surface area contributed by atoms with Crippen LogP contribution >= 0.6 is 15.9 Å². The maximum Gasteiger partial charge on any atom is 0.0624 e. The third kappa shape index (κ3) is 1.38. The van der Waals surface area contributed by atoms with Crippen molar-refractivity contribution in [2.45, 2.75) is 19.8 Å². The van der Waals surface area contributed by atoms with Gasteiger partial charge in [-0.05, 0) is 34.0 Å². The third-order valence-corrected chi connectivity index (χ3v) is 3.28. The number of fused-ring (bicyclic) bond motifs is 1. The lowest BCUT2D eigenvalue weighted by atomic mass is 10.1. The smallest absolute Gasteiger partial charge is 0.0624 e. The number of aryl methyl sites for hydroxylation is 1. The number of benzene rings is 1. The minimum atomic E-state index is 0.569. The predicted molar refractivity (Wildman–Crippen MR) is 64.7 cm³/mol. The van der Waals surface area contributed by atoms with Crippen molar-refractivity contribution in [3.05, 3.63) is 34.4 Å². The molecule has 0 spiro atoms. The van der Waals surface area contributed by atoms with Crippen LogP contribution in [0.25, 0.3) is 10.9 Å². The van der Waals surface area contributed by atoms with E-state index in [2.05, 4.69) is 65.7 Å². The maximum absolute atomic E-state index is 3.59. The van der Waals surface area contributed by atoms with Crippen LogP contribution in [0.3, 0.4) is 0 Å². The monoisotopic (exact) mass is 251 g/mol. The van der Waals surface area contributed by atoms with Crippen molar-refractivity contribution in [2.75, 3.05) is 0 Å². The van der Waals surface area contributed by atoms with Gasteiger partial charge in [0.05, 0.1) is 5.52 Å². The molecular weight excluding hydrogens is 238 g/mol. The topological polar surface area (TPSA) is 4.93 Å². The molecule has 0 bridgehead atoms. The molecule has 0 fully saturated rings. The Labute approximate surface area is 92.9 Å². The SMILES string of the molecule is CC(C)c1cc2cccc(Br)c2n1C. The van der Waals surface area contributed by atoms with E-state index < -0.39 is 0 Å². The fourth-order valence-electron chi connectivity index (χ4n) is 1.94. The highest BCUT2D eigenvalue weighted by molar-refractivity contribution is 9.10. The van der Waals surface area contributed by atoms with Gasteiger partial charge in [-0.3, -0.25) is 0 Å². The van der Waals surface area contributed by atoms with Crippen LogP contribution in [-0.2, 0) is 7.05 Å². The van der Waals surface area contributed by atoms with Crippen molar-refractivity contribution in [2.24, 2.45) is 7.05 Å². The second kappa shape index (κ2) is 3.43. The van der Waals surface area contributed by atoms with Crippen molar-refractivity contribution in [1.29, 1.82) is 0 Å². The molecule has 0 aliphatic rings. The van der Waals surface area contributed by atoms with Crippen LogP contribution < -0.4 is 0 Å². The molecule has 1 nitrogen and oxygen atoms in total. The largest absolute Gasteiger partial charge is 0.346 e. The van der Waals surface area contributed by atoms with Crippen molar-refractivity contribution >= 4 is 26.8 Å². The lowest BCUT2D eigenvalue weighted by Crippen LogP contribution is -1.97. The molecule has 0 saturated heterocycles. The molecule has 2 rings (SSSR count). The summed E-state index contributed by atoms with van der Waals surface area (Å²) in [7, 11) is 2.13. The summed E-state index contributed by atoms with van der Waals surface area (Å²) < 4.78 is 3.44. The van der Waals surface area contributed by atoms with E-state index in [-0.39, 0.29) is 0 Å². The van der Waals surface area contributed by atoms with Crippen molar-refractivity contribution in [1.82, 2.24) is 4.57 Å². The molecule has 0 amide bonds. The Bertz CT molecular complexity index is 468. The van der Waals surface area contributed by atoms with E-state index in [0.717, 1.165) is 0 Å². The summed E-state index contributed by atoms with van der Waals surface area (Å²) in [5, 5.41) is 1.31. The fourth-order valence-corrected chi connectivity index (χ4v) is 2.59. The van der Waals surface area contributed by atoms with E-state index in [9.17, 15) is 0 Å². The lowest BCUT2D eigenvalue weighted by Gasteiger charge is -2.07. The molecule has 1 heterocycles. The Kier molecular flexibility index (Phi) is 2.40. The van der Waals surface area contributed by atoms with Crippen LogP contribution in [-0.4, -0.2) is 4.57 Å². The average molecular weight is 252 g/mol. The zero-order chi connectivity index (χ0) is 10.3. The predicted octanol–water partition coefficient (Wildman–Crippen LogP) is 4.06. The quantitative estimate of drug-likeness (QED) is 0.721. The summed E-state index contributed by atoms with van der Waals surface area (Å²) in [5.41, 5.74) is 2.67. The summed E-state index contributed by atoms with van der Waals surface area (Å²) in [5.74, 6) is 0.569. The Morgan fingerprint density at radius 2 is 2.00 bits per heavy atom. The molecular formula is C12H14BrN. The van der Waals surface area contributed by atoms with E-state index in [0.29, 0.717) is 5.92 Å².